The first-order chi connectivity index (χ1) is 10.7. The van der Waals surface area contributed by atoms with E-state index in [1.807, 2.05) is 17.9 Å². The summed E-state index contributed by atoms with van der Waals surface area (Å²) in [6.45, 7) is 1.24. The Kier molecular flexibility index (Phi) is 4.41. The highest BCUT2D eigenvalue weighted by molar-refractivity contribution is 7.98. The van der Waals surface area contributed by atoms with Crippen molar-refractivity contribution in [3.63, 3.8) is 0 Å². The van der Waals surface area contributed by atoms with Crippen molar-refractivity contribution in [1.29, 1.82) is 0 Å². The second kappa shape index (κ2) is 6.47. The van der Waals surface area contributed by atoms with Crippen LogP contribution in [0.2, 0.25) is 0 Å². The first-order valence-electron chi connectivity index (χ1n) is 7.29. The first-order valence-corrected chi connectivity index (χ1v) is 8.51. The van der Waals surface area contributed by atoms with E-state index in [0.29, 0.717) is 12.4 Å². The van der Waals surface area contributed by atoms with E-state index in [-0.39, 0.29) is 11.8 Å². The van der Waals surface area contributed by atoms with E-state index in [9.17, 15) is 4.79 Å². The van der Waals surface area contributed by atoms with Gasteiger partial charge in [-0.05, 0) is 29.5 Å². The molecule has 22 heavy (non-hydrogen) atoms. The number of fused-ring (bicyclic) bond motifs is 1. The standard InChI is InChI=1S/C13H19N7OS/c1-19-9(8-15-13(19)22-2)7-14-12(21)10-5-3-4-6-20-11(10)16-17-18-20/h8,10H,3-7H2,1-2H3,(H,14,21). The lowest BCUT2D eigenvalue weighted by atomic mass is 10.0. The van der Waals surface area contributed by atoms with Gasteiger partial charge in [0.05, 0.1) is 24.4 Å². The maximum absolute atomic E-state index is 12.5. The van der Waals surface area contributed by atoms with Gasteiger partial charge in [0.1, 0.15) is 0 Å². The Balaban J connectivity index is 1.68. The summed E-state index contributed by atoms with van der Waals surface area (Å²) in [5.74, 6) is 0.375. The molecule has 1 atom stereocenters. The lowest BCUT2D eigenvalue weighted by Crippen LogP contribution is -2.30. The van der Waals surface area contributed by atoms with Crippen LogP contribution >= 0.6 is 11.8 Å². The highest BCUT2D eigenvalue weighted by atomic mass is 32.2. The van der Waals surface area contributed by atoms with E-state index < -0.39 is 0 Å². The predicted molar refractivity (Wildman–Crippen MR) is 81.2 cm³/mol. The highest BCUT2D eigenvalue weighted by Gasteiger charge is 2.28. The molecule has 9 heteroatoms. The third kappa shape index (κ3) is 2.85. The molecule has 0 bridgehead atoms. The number of carbonyl (C=O) groups is 1. The number of carbonyl (C=O) groups excluding carboxylic acids is 1. The maximum Gasteiger partial charge on any atom is 0.231 e. The lowest BCUT2D eigenvalue weighted by molar-refractivity contribution is -0.123. The number of rotatable bonds is 4. The molecule has 1 N–H and O–H groups in total. The van der Waals surface area contributed by atoms with Crippen LogP contribution in [0.25, 0.3) is 0 Å². The molecule has 118 valence electrons. The number of aromatic nitrogens is 6. The zero-order valence-corrected chi connectivity index (χ0v) is 13.5. The summed E-state index contributed by atoms with van der Waals surface area (Å²) < 4.78 is 3.73. The Morgan fingerprint density at radius 1 is 1.50 bits per heavy atom. The van der Waals surface area contributed by atoms with Crippen molar-refractivity contribution < 1.29 is 4.79 Å². The Hall–Kier alpha value is -1.90. The number of hydrogen-bond donors (Lipinski definition) is 1. The van der Waals surface area contributed by atoms with E-state index in [0.717, 1.165) is 36.7 Å². The molecule has 0 radical (unpaired) electrons. The van der Waals surface area contributed by atoms with Crippen molar-refractivity contribution in [3.8, 4) is 0 Å². The summed E-state index contributed by atoms with van der Waals surface area (Å²) in [7, 11) is 1.95. The third-order valence-electron chi connectivity index (χ3n) is 3.97. The summed E-state index contributed by atoms with van der Waals surface area (Å²) >= 11 is 1.58. The highest BCUT2D eigenvalue weighted by Crippen LogP contribution is 2.24. The Labute approximate surface area is 132 Å². The number of thioether (sulfide) groups is 1. The number of imidazole rings is 1. The van der Waals surface area contributed by atoms with Gasteiger partial charge >= 0.3 is 0 Å². The Morgan fingerprint density at radius 2 is 2.36 bits per heavy atom. The summed E-state index contributed by atoms with van der Waals surface area (Å²) in [6.07, 6.45) is 6.55. The van der Waals surface area contributed by atoms with E-state index >= 15 is 0 Å². The van der Waals surface area contributed by atoms with E-state index in [1.54, 1.807) is 22.6 Å². The Morgan fingerprint density at radius 3 is 3.14 bits per heavy atom. The number of hydrogen-bond acceptors (Lipinski definition) is 6. The molecule has 0 saturated carbocycles. The zero-order chi connectivity index (χ0) is 15.5. The first kappa shape index (κ1) is 15.0. The summed E-state index contributed by atoms with van der Waals surface area (Å²) in [5, 5.41) is 15.6. The molecular formula is C13H19N7OS. The minimum atomic E-state index is -0.272. The largest absolute Gasteiger partial charge is 0.350 e. The van der Waals surface area contributed by atoms with Gasteiger partial charge in [-0.25, -0.2) is 9.67 Å². The fourth-order valence-electron chi connectivity index (χ4n) is 2.69. The van der Waals surface area contributed by atoms with Crippen molar-refractivity contribution >= 4 is 17.7 Å². The van der Waals surface area contributed by atoms with E-state index in [2.05, 4.69) is 25.8 Å². The topological polar surface area (TPSA) is 90.5 Å². The molecule has 0 spiro atoms. The summed E-state index contributed by atoms with van der Waals surface area (Å²) in [5.41, 5.74) is 0.978. The van der Waals surface area contributed by atoms with Gasteiger partial charge in [-0.1, -0.05) is 18.2 Å². The van der Waals surface area contributed by atoms with Crippen LogP contribution in [0.1, 0.15) is 36.7 Å². The molecule has 0 fully saturated rings. The van der Waals surface area contributed by atoms with Crippen LogP contribution in [0.3, 0.4) is 0 Å². The quantitative estimate of drug-likeness (QED) is 0.834. The van der Waals surface area contributed by atoms with Gasteiger partial charge in [0.25, 0.3) is 0 Å². The number of nitrogens with one attached hydrogen (secondary N) is 1. The second-order valence-electron chi connectivity index (χ2n) is 5.32. The summed E-state index contributed by atoms with van der Waals surface area (Å²) in [4.78, 5) is 16.8. The maximum atomic E-state index is 12.5. The lowest BCUT2D eigenvalue weighted by Gasteiger charge is -2.13. The van der Waals surface area contributed by atoms with Crippen LogP contribution in [-0.4, -0.2) is 41.9 Å². The number of tetrazole rings is 1. The van der Waals surface area contributed by atoms with E-state index in [1.165, 1.54) is 0 Å². The van der Waals surface area contributed by atoms with Gasteiger partial charge in [0.2, 0.25) is 5.91 Å². The van der Waals surface area contributed by atoms with Crippen molar-refractivity contribution in [3.05, 3.63) is 17.7 Å². The molecule has 2 aromatic rings. The van der Waals surface area contributed by atoms with Crippen molar-refractivity contribution in [2.75, 3.05) is 6.26 Å². The number of amides is 1. The smallest absolute Gasteiger partial charge is 0.231 e. The molecule has 1 aliphatic rings. The van der Waals surface area contributed by atoms with Gasteiger partial charge in [-0.15, -0.1) is 5.10 Å². The van der Waals surface area contributed by atoms with Gasteiger partial charge in [0.15, 0.2) is 11.0 Å². The molecule has 0 aromatic carbocycles. The fraction of sp³-hybridized carbons (Fsp3) is 0.615. The van der Waals surface area contributed by atoms with Gasteiger partial charge < -0.3 is 9.88 Å². The van der Waals surface area contributed by atoms with Crippen LogP contribution in [0, 0.1) is 0 Å². The van der Waals surface area contributed by atoms with Crippen LogP contribution in [0.4, 0.5) is 0 Å². The number of aryl methyl sites for hydroxylation is 1. The fourth-order valence-corrected chi connectivity index (χ4v) is 3.24. The third-order valence-corrected chi connectivity index (χ3v) is 4.71. The number of nitrogens with zero attached hydrogens (tertiary/aromatic N) is 6. The van der Waals surface area contributed by atoms with Crippen LogP contribution in [0.15, 0.2) is 11.4 Å². The molecule has 3 rings (SSSR count). The average molecular weight is 321 g/mol. The monoisotopic (exact) mass is 321 g/mol. The normalized spacial score (nSPS) is 17.8. The molecule has 1 aliphatic heterocycles. The molecule has 3 heterocycles. The molecule has 0 saturated heterocycles. The van der Waals surface area contributed by atoms with Gasteiger partial charge in [0, 0.05) is 13.6 Å². The molecular weight excluding hydrogens is 302 g/mol. The minimum absolute atomic E-state index is 0.0233. The van der Waals surface area contributed by atoms with Crippen LogP contribution in [0.5, 0.6) is 0 Å². The molecule has 2 aromatic heterocycles. The van der Waals surface area contributed by atoms with Crippen molar-refractivity contribution in [1.82, 2.24) is 35.1 Å². The zero-order valence-electron chi connectivity index (χ0n) is 12.7. The van der Waals surface area contributed by atoms with Crippen LogP contribution < -0.4 is 5.32 Å². The van der Waals surface area contributed by atoms with E-state index in [4.69, 9.17) is 0 Å². The molecule has 8 nitrogen and oxygen atoms in total. The van der Waals surface area contributed by atoms with Crippen molar-refractivity contribution in [2.45, 2.75) is 43.4 Å². The van der Waals surface area contributed by atoms with Gasteiger partial charge in [-0.3, -0.25) is 4.79 Å². The van der Waals surface area contributed by atoms with Crippen molar-refractivity contribution in [2.24, 2.45) is 7.05 Å². The minimum Gasteiger partial charge on any atom is -0.350 e. The predicted octanol–water partition coefficient (Wildman–Crippen LogP) is 0.712. The van der Waals surface area contributed by atoms with Gasteiger partial charge in [-0.2, -0.15) is 0 Å². The SMILES string of the molecule is CSc1ncc(CNC(=O)C2CCCCn3nnnc32)n1C. The summed E-state index contributed by atoms with van der Waals surface area (Å²) in [6, 6.07) is 0. The molecule has 0 aliphatic carbocycles. The van der Waals surface area contributed by atoms with Crippen LogP contribution in [-0.2, 0) is 24.9 Å². The Bertz CT molecular complexity index is 665. The average Bonchev–Trinajstić information content (AvgIpc) is 3.06. The molecule has 1 amide bonds. The molecule has 1 unspecified atom stereocenters. The second-order valence-corrected chi connectivity index (χ2v) is 6.10.